The van der Waals surface area contributed by atoms with Crippen molar-refractivity contribution in [2.24, 2.45) is 0 Å². The molecule has 0 saturated carbocycles. The molecule has 98 valence electrons. The summed E-state index contributed by atoms with van der Waals surface area (Å²) >= 11 is 0. The average molecular weight is 262 g/mol. The van der Waals surface area contributed by atoms with E-state index in [2.05, 4.69) is 17.4 Å². The molecular weight excluding hydrogens is 248 g/mol. The summed E-state index contributed by atoms with van der Waals surface area (Å²) in [7, 11) is 0. The van der Waals surface area contributed by atoms with Crippen molar-refractivity contribution in [1.82, 2.24) is 4.57 Å². The van der Waals surface area contributed by atoms with E-state index in [-0.39, 0.29) is 5.56 Å². The largest absolute Gasteiger partial charge is 0.367 e. The molecule has 0 aliphatic carbocycles. The Hall–Kier alpha value is -2.55. The second-order valence-corrected chi connectivity index (χ2v) is 5.18. The lowest BCUT2D eigenvalue weighted by molar-refractivity contribution is 0.743. The molecule has 0 spiro atoms. The van der Waals surface area contributed by atoms with Crippen LogP contribution in [0.4, 0.5) is 5.69 Å². The summed E-state index contributed by atoms with van der Waals surface area (Å²) in [5, 5.41) is 5.13. The summed E-state index contributed by atoms with van der Waals surface area (Å²) in [6.45, 7) is 2.57. The molecule has 1 aliphatic heterocycles. The van der Waals surface area contributed by atoms with Gasteiger partial charge >= 0.3 is 0 Å². The Morgan fingerprint density at radius 2 is 1.90 bits per heavy atom. The number of benzene rings is 2. The summed E-state index contributed by atoms with van der Waals surface area (Å²) in [5.74, 6) is 0. The van der Waals surface area contributed by atoms with Gasteiger partial charge < -0.3 is 5.32 Å². The van der Waals surface area contributed by atoms with Crippen LogP contribution in [0.5, 0.6) is 0 Å². The lowest BCUT2D eigenvalue weighted by Gasteiger charge is -2.24. The summed E-state index contributed by atoms with van der Waals surface area (Å²) in [4.78, 5) is 12.7. The van der Waals surface area contributed by atoms with Crippen LogP contribution >= 0.6 is 0 Å². The second kappa shape index (κ2) is 3.97. The molecular formula is C17H14N2O. The predicted molar refractivity (Wildman–Crippen MR) is 82.0 cm³/mol. The van der Waals surface area contributed by atoms with Crippen LogP contribution in [0.2, 0.25) is 0 Å². The molecule has 3 nitrogen and oxygen atoms in total. The molecule has 3 heteroatoms. The minimum Gasteiger partial charge on any atom is -0.367 e. The lowest BCUT2D eigenvalue weighted by atomic mass is 10.0. The monoisotopic (exact) mass is 262 g/mol. The third-order valence-corrected chi connectivity index (χ3v) is 4.00. The quantitative estimate of drug-likeness (QED) is 0.674. The zero-order chi connectivity index (χ0) is 13.7. The Balaban J connectivity index is 2.16. The van der Waals surface area contributed by atoms with E-state index in [1.165, 1.54) is 0 Å². The van der Waals surface area contributed by atoms with Crippen LogP contribution in [-0.4, -0.2) is 4.57 Å². The summed E-state index contributed by atoms with van der Waals surface area (Å²) in [5.41, 5.74) is 4.37. The predicted octanol–water partition coefficient (Wildman–Crippen LogP) is 3.36. The minimum atomic E-state index is 0.0724. The maximum absolute atomic E-state index is 12.7. The van der Waals surface area contributed by atoms with Gasteiger partial charge in [-0.15, -0.1) is 0 Å². The van der Waals surface area contributed by atoms with Crippen molar-refractivity contribution in [3.05, 3.63) is 64.4 Å². The zero-order valence-electron chi connectivity index (χ0n) is 11.2. The number of anilines is 1. The molecule has 1 aromatic heterocycles. The van der Waals surface area contributed by atoms with Gasteiger partial charge in [0.2, 0.25) is 0 Å². The van der Waals surface area contributed by atoms with Crippen LogP contribution in [0.1, 0.15) is 5.56 Å². The third kappa shape index (κ3) is 1.43. The van der Waals surface area contributed by atoms with Gasteiger partial charge in [-0.2, -0.15) is 0 Å². The number of hydrogen-bond donors (Lipinski definition) is 1. The number of nitrogens with one attached hydrogen (secondary N) is 1. The Labute approximate surface area is 116 Å². The summed E-state index contributed by atoms with van der Waals surface area (Å²) in [6, 6.07) is 16.1. The zero-order valence-corrected chi connectivity index (χ0v) is 11.2. The normalized spacial score (nSPS) is 12.7. The van der Waals surface area contributed by atoms with Gasteiger partial charge in [-0.25, -0.2) is 0 Å². The molecule has 3 aromatic rings. The number of aromatic nitrogens is 1. The molecule has 2 heterocycles. The van der Waals surface area contributed by atoms with Crippen molar-refractivity contribution < 1.29 is 0 Å². The minimum absolute atomic E-state index is 0.0724. The number of nitrogens with zero attached hydrogens (tertiary/aromatic N) is 1. The number of fused-ring (bicyclic) bond motifs is 4. The van der Waals surface area contributed by atoms with Crippen molar-refractivity contribution in [2.75, 3.05) is 5.32 Å². The van der Waals surface area contributed by atoms with E-state index >= 15 is 0 Å². The van der Waals surface area contributed by atoms with Crippen molar-refractivity contribution in [3.63, 3.8) is 0 Å². The first-order valence-electron chi connectivity index (χ1n) is 6.72. The molecule has 1 N–H and O–H groups in total. The van der Waals surface area contributed by atoms with Crippen LogP contribution < -0.4 is 10.9 Å². The van der Waals surface area contributed by atoms with Crippen LogP contribution in [0, 0.1) is 6.92 Å². The van der Waals surface area contributed by atoms with Gasteiger partial charge in [0.1, 0.15) is 0 Å². The molecule has 20 heavy (non-hydrogen) atoms. The third-order valence-electron chi connectivity index (χ3n) is 4.00. The van der Waals surface area contributed by atoms with Crippen LogP contribution in [0.3, 0.4) is 0 Å². The van der Waals surface area contributed by atoms with E-state index in [4.69, 9.17) is 0 Å². The fourth-order valence-corrected chi connectivity index (χ4v) is 2.93. The number of hydrogen-bond acceptors (Lipinski definition) is 2. The summed E-state index contributed by atoms with van der Waals surface area (Å²) in [6.07, 6.45) is 0. The Morgan fingerprint density at radius 1 is 1.05 bits per heavy atom. The van der Waals surface area contributed by atoms with E-state index in [9.17, 15) is 4.79 Å². The van der Waals surface area contributed by atoms with Gasteiger partial charge in [-0.1, -0.05) is 30.3 Å². The molecule has 0 bridgehead atoms. The number of aryl methyl sites for hydroxylation is 1. The van der Waals surface area contributed by atoms with Gasteiger partial charge in [-0.3, -0.25) is 9.36 Å². The molecule has 0 saturated heterocycles. The summed E-state index contributed by atoms with van der Waals surface area (Å²) < 4.78 is 1.81. The van der Waals surface area contributed by atoms with E-state index in [0.29, 0.717) is 6.67 Å². The molecule has 0 amide bonds. The maximum atomic E-state index is 12.7. The highest BCUT2D eigenvalue weighted by molar-refractivity contribution is 5.90. The van der Waals surface area contributed by atoms with Gasteiger partial charge in [0.25, 0.3) is 5.56 Å². The molecule has 0 fully saturated rings. The first kappa shape index (κ1) is 11.3. The first-order chi connectivity index (χ1) is 9.75. The van der Waals surface area contributed by atoms with E-state index in [1.807, 2.05) is 47.9 Å². The number of rotatable bonds is 0. The fourth-order valence-electron chi connectivity index (χ4n) is 2.93. The van der Waals surface area contributed by atoms with Gasteiger partial charge in [-0.05, 0) is 36.1 Å². The molecule has 0 atom stereocenters. The Morgan fingerprint density at radius 3 is 2.80 bits per heavy atom. The van der Waals surface area contributed by atoms with Gasteiger partial charge in [0, 0.05) is 16.6 Å². The number of para-hydroxylation sites is 1. The SMILES string of the molecule is Cc1cccc2c(=O)n3c(cc12)-c1ccccc1NC3. The highest BCUT2D eigenvalue weighted by Crippen LogP contribution is 2.32. The fraction of sp³-hybridized carbons (Fsp3) is 0.118. The molecule has 2 aromatic carbocycles. The van der Waals surface area contributed by atoms with Crippen molar-refractivity contribution in [1.29, 1.82) is 0 Å². The first-order valence-corrected chi connectivity index (χ1v) is 6.72. The van der Waals surface area contributed by atoms with Crippen molar-refractivity contribution in [3.8, 4) is 11.3 Å². The lowest BCUT2D eigenvalue weighted by Crippen LogP contribution is -2.28. The number of pyridine rings is 1. The van der Waals surface area contributed by atoms with E-state index in [0.717, 1.165) is 33.3 Å². The van der Waals surface area contributed by atoms with Crippen molar-refractivity contribution in [2.45, 2.75) is 13.6 Å². The smallest absolute Gasteiger partial charge is 0.260 e. The molecule has 4 rings (SSSR count). The molecule has 1 aliphatic rings. The average Bonchev–Trinajstić information content (AvgIpc) is 2.48. The van der Waals surface area contributed by atoms with Crippen LogP contribution in [0.15, 0.2) is 53.3 Å². The Kier molecular flexibility index (Phi) is 2.24. The van der Waals surface area contributed by atoms with Crippen LogP contribution in [0.25, 0.3) is 22.0 Å². The highest BCUT2D eigenvalue weighted by atomic mass is 16.1. The second-order valence-electron chi connectivity index (χ2n) is 5.18. The topological polar surface area (TPSA) is 34.0 Å². The van der Waals surface area contributed by atoms with Gasteiger partial charge in [0.15, 0.2) is 0 Å². The van der Waals surface area contributed by atoms with E-state index < -0.39 is 0 Å². The van der Waals surface area contributed by atoms with Gasteiger partial charge in [0.05, 0.1) is 12.4 Å². The maximum Gasteiger partial charge on any atom is 0.260 e. The molecule has 0 unspecified atom stereocenters. The van der Waals surface area contributed by atoms with Crippen molar-refractivity contribution >= 4 is 16.5 Å². The van der Waals surface area contributed by atoms with E-state index in [1.54, 1.807) is 0 Å². The Bertz CT molecular complexity index is 893. The molecule has 0 radical (unpaired) electrons. The van der Waals surface area contributed by atoms with Crippen LogP contribution in [-0.2, 0) is 6.67 Å². The highest BCUT2D eigenvalue weighted by Gasteiger charge is 2.17. The standard InChI is InChI=1S/C17H14N2O/c1-11-5-4-7-12-14(11)9-16-13-6-2-3-8-15(13)18-10-19(16)17(12)20/h2-9,18H,10H2,1H3.